The summed E-state index contributed by atoms with van der Waals surface area (Å²) in [5, 5.41) is 0.647. The van der Waals surface area contributed by atoms with E-state index in [-0.39, 0.29) is 6.04 Å². The van der Waals surface area contributed by atoms with Gasteiger partial charge >= 0.3 is 0 Å². The van der Waals surface area contributed by atoms with Gasteiger partial charge in [0.15, 0.2) is 0 Å². The van der Waals surface area contributed by atoms with Gasteiger partial charge in [0.25, 0.3) is 0 Å². The number of methoxy groups -OCH3 is 1. The normalized spacial score (nSPS) is 11.9. The van der Waals surface area contributed by atoms with Crippen molar-refractivity contribution >= 4 is 11.6 Å². The Morgan fingerprint density at radius 1 is 1.50 bits per heavy atom. The molecule has 1 unspecified atom stereocenters. The van der Waals surface area contributed by atoms with Gasteiger partial charge in [0.2, 0.25) is 6.04 Å². The maximum atomic E-state index is 6.99. The first kappa shape index (κ1) is 10.9. The first-order valence-electron chi connectivity index (χ1n) is 4.30. The fraction of sp³-hybridized carbons (Fsp3) is 0.364. The van der Waals surface area contributed by atoms with Crippen molar-refractivity contribution < 1.29 is 4.74 Å². The molecule has 0 radical (unpaired) electrons. The molecular weight excluding hydrogens is 198 g/mol. The third-order valence-corrected chi connectivity index (χ3v) is 2.33. The Labute approximate surface area is 89.3 Å². The maximum absolute atomic E-state index is 6.99. The van der Waals surface area contributed by atoms with Crippen molar-refractivity contribution in [3.8, 4) is 5.75 Å². The van der Waals surface area contributed by atoms with Gasteiger partial charge in [-0.05, 0) is 24.6 Å². The quantitative estimate of drug-likeness (QED) is 0.678. The van der Waals surface area contributed by atoms with E-state index in [1.54, 1.807) is 13.2 Å². The number of halogens is 1. The fourth-order valence-corrected chi connectivity index (χ4v) is 1.70. The van der Waals surface area contributed by atoms with E-state index in [4.69, 9.17) is 22.9 Å². The van der Waals surface area contributed by atoms with Crippen LogP contribution >= 0.6 is 11.6 Å². The average molecular weight is 210 g/mol. The molecule has 0 aliphatic heterocycles. The van der Waals surface area contributed by atoms with Crippen LogP contribution in [-0.4, -0.2) is 7.11 Å². The topological polar surface area (TPSA) is 13.6 Å². The van der Waals surface area contributed by atoms with Crippen molar-refractivity contribution in [1.82, 2.24) is 0 Å². The molecule has 0 saturated heterocycles. The summed E-state index contributed by atoms with van der Waals surface area (Å²) >= 11 is 5.92. The molecular formula is C11H12ClNO. The summed E-state index contributed by atoms with van der Waals surface area (Å²) in [5.41, 5.74) is 1.82. The van der Waals surface area contributed by atoms with E-state index in [0.29, 0.717) is 5.02 Å². The van der Waals surface area contributed by atoms with Crippen LogP contribution in [0.1, 0.15) is 24.1 Å². The summed E-state index contributed by atoms with van der Waals surface area (Å²) in [4.78, 5) is 3.46. The van der Waals surface area contributed by atoms with E-state index in [2.05, 4.69) is 4.85 Å². The predicted molar refractivity (Wildman–Crippen MR) is 57.8 cm³/mol. The number of nitrogens with zero attached hydrogens (tertiary/aromatic N) is 1. The standard InChI is InChI=1S/C11H12ClNO/c1-7-5-9(12)6-10(8(2)13-3)11(7)14-4/h5-6,8H,1-2,4H3. The molecule has 0 spiro atoms. The molecule has 0 aliphatic rings. The number of ether oxygens (including phenoxy) is 1. The van der Waals surface area contributed by atoms with Crippen LogP contribution in [0, 0.1) is 13.5 Å². The van der Waals surface area contributed by atoms with Gasteiger partial charge in [-0.15, -0.1) is 0 Å². The molecule has 1 atom stereocenters. The summed E-state index contributed by atoms with van der Waals surface area (Å²) in [6.07, 6.45) is 0. The highest BCUT2D eigenvalue weighted by Gasteiger charge is 2.17. The molecule has 3 heteroatoms. The molecule has 0 aliphatic carbocycles. The zero-order valence-corrected chi connectivity index (χ0v) is 9.22. The summed E-state index contributed by atoms with van der Waals surface area (Å²) in [7, 11) is 1.61. The fourth-order valence-electron chi connectivity index (χ4n) is 1.41. The van der Waals surface area contributed by atoms with Crippen LogP contribution < -0.4 is 4.74 Å². The molecule has 0 heterocycles. The summed E-state index contributed by atoms with van der Waals surface area (Å²) < 4.78 is 5.25. The molecule has 0 amide bonds. The molecule has 0 fully saturated rings. The molecule has 0 bridgehead atoms. The van der Waals surface area contributed by atoms with Gasteiger partial charge in [-0.3, -0.25) is 0 Å². The average Bonchev–Trinajstić information content (AvgIpc) is 2.15. The predicted octanol–water partition coefficient (Wildman–Crippen LogP) is 3.64. The van der Waals surface area contributed by atoms with E-state index in [1.807, 2.05) is 19.9 Å². The molecule has 1 aromatic rings. The minimum Gasteiger partial charge on any atom is -0.496 e. The summed E-state index contributed by atoms with van der Waals surface area (Å²) in [6.45, 7) is 10.7. The van der Waals surface area contributed by atoms with Crippen LogP contribution in [0.25, 0.3) is 4.85 Å². The Kier molecular flexibility index (Phi) is 3.38. The van der Waals surface area contributed by atoms with Crippen LogP contribution in [0.2, 0.25) is 5.02 Å². The van der Waals surface area contributed by atoms with E-state index in [1.165, 1.54) is 0 Å². The van der Waals surface area contributed by atoms with Gasteiger partial charge in [-0.2, -0.15) is 0 Å². The van der Waals surface area contributed by atoms with Crippen LogP contribution in [0.15, 0.2) is 12.1 Å². The number of benzene rings is 1. The number of aryl methyl sites for hydroxylation is 1. The van der Waals surface area contributed by atoms with Crippen molar-refractivity contribution in [2.24, 2.45) is 0 Å². The van der Waals surface area contributed by atoms with Gasteiger partial charge in [0.1, 0.15) is 5.75 Å². The van der Waals surface area contributed by atoms with E-state index >= 15 is 0 Å². The summed E-state index contributed by atoms with van der Waals surface area (Å²) in [5.74, 6) is 0.762. The largest absolute Gasteiger partial charge is 0.496 e. The Hall–Kier alpha value is -1.20. The monoisotopic (exact) mass is 209 g/mol. The van der Waals surface area contributed by atoms with E-state index in [0.717, 1.165) is 16.9 Å². The van der Waals surface area contributed by atoms with Crippen LogP contribution in [-0.2, 0) is 0 Å². The molecule has 74 valence electrons. The van der Waals surface area contributed by atoms with Crippen molar-refractivity contribution in [1.29, 1.82) is 0 Å². The molecule has 2 nitrogen and oxygen atoms in total. The third-order valence-electron chi connectivity index (χ3n) is 2.12. The summed E-state index contributed by atoms with van der Waals surface area (Å²) in [6, 6.07) is 3.40. The molecule has 0 saturated carbocycles. The van der Waals surface area contributed by atoms with Crippen LogP contribution in [0.3, 0.4) is 0 Å². The minimum atomic E-state index is -0.220. The minimum absolute atomic E-state index is 0.220. The number of hydrogen-bond donors (Lipinski definition) is 0. The van der Waals surface area contributed by atoms with Gasteiger partial charge < -0.3 is 9.58 Å². The van der Waals surface area contributed by atoms with Gasteiger partial charge in [-0.25, -0.2) is 6.57 Å². The zero-order chi connectivity index (χ0) is 10.7. The second-order valence-corrected chi connectivity index (χ2v) is 3.59. The number of hydrogen-bond acceptors (Lipinski definition) is 1. The molecule has 0 aromatic heterocycles. The lowest BCUT2D eigenvalue weighted by molar-refractivity contribution is 0.405. The molecule has 1 rings (SSSR count). The molecule has 14 heavy (non-hydrogen) atoms. The van der Waals surface area contributed by atoms with Gasteiger partial charge in [-0.1, -0.05) is 11.6 Å². The third kappa shape index (κ3) is 2.00. The molecule has 1 aromatic carbocycles. The Morgan fingerprint density at radius 2 is 2.14 bits per heavy atom. The van der Waals surface area contributed by atoms with Crippen molar-refractivity contribution in [2.75, 3.05) is 7.11 Å². The van der Waals surface area contributed by atoms with Crippen molar-refractivity contribution in [3.63, 3.8) is 0 Å². The van der Waals surface area contributed by atoms with Crippen LogP contribution in [0.4, 0.5) is 0 Å². The first-order valence-corrected chi connectivity index (χ1v) is 4.68. The smallest absolute Gasteiger partial charge is 0.249 e. The second-order valence-electron chi connectivity index (χ2n) is 3.15. The van der Waals surface area contributed by atoms with E-state index < -0.39 is 0 Å². The van der Waals surface area contributed by atoms with Gasteiger partial charge in [0, 0.05) is 11.9 Å². The number of rotatable bonds is 2. The van der Waals surface area contributed by atoms with Crippen molar-refractivity contribution in [2.45, 2.75) is 19.9 Å². The highest BCUT2D eigenvalue weighted by atomic mass is 35.5. The first-order chi connectivity index (χ1) is 6.60. The Morgan fingerprint density at radius 3 is 2.64 bits per heavy atom. The lowest BCUT2D eigenvalue weighted by atomic mass is 10.0. The Balaban J connectivity index is 3.33. The van der Waals surface area contributed by atoms with Gasteiger partial charge in [0.05, 0.1) is 12.7 Å². The zero-order valence-electron chi connectivity index (χ0n) is 8.47. The maximum Gasteiger partial charge on any atom is 0.249 e. The highest BCUT2D eigenvalue weighted by molar-refractivity contribution is 6.30. The lowest BCUT2D eigenvalue weighted by Gasteiger charge is -2.11. The second kappa shape index (κ2) is 4.34. The lowest BCUT2D eigenvalue weighted by Crippen LogP contribution is -1.96. The van der Waals surface area contributed by atoms with E-state index in [9.17, 15) is 0 Å². The Bertz CT molecular complexity index is 382. The van der Waals surface area contributed by atoms with Crippen molar-refractivity contribution in [3.05, 3.63) is 39.7 Å². The van der Waals surface area contributed by atoms with Crippen LogP contribution in [0.5, 0.6) is 5.75 Å². The SMILES string of the molecule is [C-]#[N+]C(C)c1cc(Cl)cc(C)c1OC. The highest BCUT2D eigenvalue weighted by Crippen LogP contribution is 2.33. The molecule has 0 N–H and O–H groups in total.